The quantitative estimate of drug-likeness (QED) is 0.522. The van der Waals surface area contributed by atoms with Crippen molar-refractivity contribution in [3.63, 3.8) is 0 Å². The summed E-state index contributed by atoms with van der Waals surface area (Å²) in [6.45, 7) is 7.49. The second kappa shape index (κ2) is 7.06. The molecule has 1 rings (SSSR count). The Morgan fingerprint density at radius 2 is 2.16 bits per heavy atom. The van der Waals surface area contributed by atoms with E-state index in [1.807, 2.05) is 14.0 Å². The first-order chi connectivity index (χ1) is 8.93. The number of hydrogen-bond acceptors (Lipinski definition) is 5. The number of carbonyl (C=O) groups is 1. The van der Waals surface area contributed by atoms with Crippen LogP contribution in [0.1, 0.15) is 29.9 Å². The van der Waals surface area contributed by atoms with Crippen molar-refractivity contribution in [1.29, 1.82) is 0 Å². The third kappa shape index (κ3) is 4.84. The van der Waals surface area contributed by atoms with Gasteiger partial charge in [0.25, 0.3) is 5.91 Å². The first-order valence-corrected chi connectivity index (χ1v) is 6.37. The number of nitrogens with zero attached hydrogens (tertiary/aromatic N) is 2. The minimum Gasteiger partial charge on any atom is -0.351 e. The molecule has 6 nitrogen and oxygen atoms in total. The van der Waals surface area contributed by atoms with Gasteiger partial charge in [0.05, 0.1) is 0 Å². The number of pyridine rings is 1. The number of nitrogens with one attached hydrogen (secondary N) is 2. The molecule has 6 heteroatoms. The molecule has 0 saturated heterocycles. The molecule has 106 valence electrons. The number of rotatable bonds is 6. The van der Waals surface area contributed by atoms with Crippen LogP contribution >= 0.6 is 0 Å². The van der Waals surface area contributed by atoms with Gasteiger partial charge < -0.3 is 15.6 Å². The predicted molar refractivity (Wildman–Crippen MR) is 76.9 cm³/mol. The number of carbonyl (C=O) groups excluding carboxylic acids is 1. The number of nitrogen functional groups attached to an aromatic ring is 1. The molecule has 1 amide bonds. The molecule has 0 aliphatic rings. The van der Waals surface area contributed by atoms with E-state index in [0.717, 1.165) is 12.2 Å². The van der Waals surface area contributed by atoms with Gasteiger partial charge in [-0.05, 0) is 40.0 Å². The molecular formula is C13H23N5O. The van der Waals surface area contributed by atoms with Crippen LogP contribution in [0.3, 0.4) is 0 Å². The van der Waals surface area contributed by atoms with E-state index in [0.29, 0.717) is 24.0 Å². The van der Waals surface area contributed by atoms with Crippen molar-refractivity contribution >= 4 is 11.7 Å². The van der Waals surface area contributed by atoms with Gasteiger partial charge in [-0.2, -0.15) is 0 Å². The number of nitrogens with two attached hydrogens (primary N) is 1. The van der Waals surface area contributed by atoms with Crippen LogP contribution in [0.15, 0.2) is 12.1 Å². The van der Waals surface area contributed by atoms with E-state index in [1.165, 1.54) is 0 Å². The van der Waals surface area contributed by atoms with Crippen LogP contribution in [0, 0.1) is 6.92 Å². The summed E-state index contributed by atoms with van der Waals surface area (Å²) in [7, 11) is 2.03. The van der Waals surface area contributed by atoms with Crippen molar-refractivity contribution in [2.24, 2.45) is 5.84 Å². The van der Waals surface area contributed by atoms with Gasteiger partial charge in [0.1, 0.15) is 5.82 Å². The number of amides is 1. The number of hydrogen-bond donors (Lipinski definition) is 3. The van der Waals surface area contributed by atoms with E-state index in [1.54, 1.807) is 12.1 Å². The van der Waals surface area contributed by atoms with Gasteiger partial charge in [-0.3, -0.25) is 4.79 Å². The van der Waals surface area contributed by atoms with Gasteiger partial charge >= 0.3 is 0 Å². The fraction of sp³-hybridized carbons (Fsp3) is 0.538. The van der Waals surface area contributed by atoms with Crippen LogP contribution in [0.2, 0.25) is 0 Å². The smallest absolute Gasteiger partial charge is 0.251 e. The maximum Gasteiger partial charge on any atom is 0.251 e. The number of aryl methyl sites for hydroxylation is 1. The van der Waals surface area contributed by atoms with Crippen LogP contribution in [0.4, 0.5) is 5.82 Å². The summed E-state index contributed by atoms with van der Waals surface area (Å²) in [6, 6.07) is 3.84. The first kappa shape index (κ1) is 15.4. The fourth-order valence-corrected chi connectivity index (χ4v) is 1.58. The summed E-state index contributed by atoms with van der Waals surface area (Å²) in [5.41, 5.74) is 3.77. The third-order valence-electron chi connectivity index (χ3n) is 3.00. The van der Waals surface area contributed by atoms with E-state index < -0.39 is 0 Å². The Kier molecular flexibility index (Phi) is 5.72. The molecule has 0 aromatic carbocycles. The molecule has 0 fully saturated rings. The molecule has 0 unspecified atom stereocenters. The summed E-state index contributed by atoms with van der Waals surface area (Å²) < 4.78 is 0. The summed E-state index contributed by atoms with van der Waals surface area (Å²) in [4.78, 5) is 18.3. The molecular weight excluding hydrogens is 242 g/mol. The average molecular weight is 265 g/mol. The Morgan fingerprint density at radius 1 is 1.47 bits per heavy atom. The van der Waals surface area contributed by atoms with Crippen molar-refractivity contribution in [1.82, 2.24) is 15.2 Å². The molecule has 0 atom stereocenters. The monoisotopic (exact) mass is 265 g/mol. The Morgan fingerprint density at radius 3 is 2.74 bits per heavy atom. The molecule has 0 saturated carbocycles. The lowest BCUT2D eigenvalue weighted by atomic mass is 10.2. The lowest BCUT2D eigenvalue weighted by Crippen LogP contribution is -2.36. The minimum atomic E-state index is -0.112. The van der Waals surface area contributed by atoms with Crippen molar-refractivity contribution in [2.45, 2.75) is 26.8 Å². The zero-order valence-electron chi connectivity index (χ0n) is 12.0. The summed E-state index contributed by atoms with van der Waals surface area (Å²) in [5.74, 6) is 5.69. The minimum absolute atomic E-state index is 0.112. The van der Waals surface area contributed by atoms with Crippen LogP contribution in [0.5, 0.6) is 0 Å². The molecule has 0 aliphatic carbocycles. The topological polar surface area (TPSA) is 83.3 Å². The van der Waals surface area contributed by atoms with Gasteiger partial charge in [-0.25, -0.2) is 10.8 Å². The summed E-state index contributed by atoms with van der Waals surface area (Å²) in [5, 5.41) is 2.89. The Labute approximate surface area is 114 Å². The highest BCUT2D eigenvalue weighted by Crippen LogP contribution is 2.08. The standard InChI is InChI=1S/C13H23N5O/c1-9(2)18(4)6-5-15-13(19)11-7-10(3)16-12(8-11)17-14/h7-9H,5-6,14H2,1-4H3,(H,15,19)(H,16,17). The highest BCUT2D eigenvalue weighted by molar-refractivity contribution is 5.94. The normalized spacial score (nSPS) is 10.9. The SMILES string of the molecule is Cc1cc(C(=O)NCCN(C)C(C)C)cc(NN)n1. The van der Waals surface area contributed by atoms with Crippen molar-refractivity contribution in [3.05, 3.63) is 23.4 Å². The first-order valence-electron chi connectivity index (χ1n) is 6.37. The number of anilines is 1. The number of hydrazine groups is 1. The van der Waals surface area contributed by atoms with Crippen LogP contribution in [0.25, 0.3) is 0 Å². The van der Waals surface area contributed by atoms with Gasteiger partial charge in [0.2, 0.25) is 0 Å². The van der Waals surface area contributed by atoms with E-state index in [4.69, 9.17) is 5.84 Å². The van der Waals surface area contributed by atoms with Gasteiger partial charge in [-0.15, -0.1) is 0 Å². The highest BCUT2D eigenvalue weighted by atomic mass is 16.1. The molecule has 1 aromatic heterocycles. The highest BCUT2D eigenvalue weighted by Gasteiger charge is 2.09. The molecule has 0 radical (unpaired) electrons. The van der Waals surface area contributed by atoms with E-state index in [-0.39, 0.29) is 5.91 Å². The Bertz CT molecular complexity index is 433. The van der Waals surface area contributed by atoms with E-state index >= 15 is 0 Å². The fourth-order valence-electron chi connectivity index (χ4n) is 1.58. The second-order valence-corrected chi connectivity index (χ2v) is 4.86. The third-order valence-corrected chi connectivity index (χ3v) is 3.00. The molecule has 0 aliphatic heterocycles. The van der Waals surface area contributed by atoms with Crippen LogP contribution in [-0.2, 0) is 0 Å². The largest absolute Gasteiger partial charge is 0.351 e. The zero-order chi connectivity index (χ0) is 14.4. The number of likely N-dealkylation sites (N-methyl/N-ethyl adjacent to an activating group) is 1. The molecule has 1 aromatic rings. The summed E-state index contributed by atoms with van der Waals surface area (Å²) in [6.07, 6.45) is 0. The predicted octanol–water partition coefficient (Wildman–Crippen LogP) is 0.746. The number of aromatic nitrogens is 1. The summed E-state index contributed by atoms with van der Waals surface area (Å²) >= 11 is 0. The lowest BCUT2D eigenvalue weighted by Gasteiger charge is -2.20. The van der Waals surface area contributed by atoms with Gasteiger partial charge in [0, 0.05) is 30.4 Å². The lowest BCUT2D eigenvalue weighted by molar-refractivity contribution is 0.0948. The molecule has 4 N–H and O–H groups in total. The Balaban J connectivity index is 2.56. The second-order valence-electron chi connectivity index (χ2n) is 4.86. The van der Waals surface area contributed by atoms with E-state index in [2.05, 4.69) is 34.5 Å². The zero-order valence-corrected chi connectivity index (χ0v) is 12.0. The molecule has 0 spiro atoms. The van der Waals surface area contributed by atoms with E-state index in [9.17, 15) is 4.79 Å². The molecule has 1 heterocycles. The molecule has 0 bridgehead atoms. The van der Waals surface area contributed by atoms with Crippen molar-refractivity contribution < 1.29 is 4.79 Å². The Hall–Kier alpha value is -1.66. The van der Waals surface area contributed by atoms with Gasteiger partial charge in [-0.1, -0.05) is 0 Å². The van der Waals surface area contributed by atoms with Crippen molar-refractivity contribution in [3.8, 4) is 0 Å². The van der Waals surface area contributed by atoms with Crippen molar-refractivity contribution in [2.75, 3.05) is 25.6 Å². The average Bonchev–Trinajstić information content (AvgIpc) is 2.37. The van der Waals surface area contributed by atoms with Crippen LogP contribution < -0.4 is 16.6 Å². The molecule has 19 heavy (non-hydrogen) atoms. The van der Waals surface area contributed by atoms with Gasteiger partial charge in [0.15, 0.2) is 0 Å². The maximum atomic E-state index is 12.0. The van der Waals surface area contributed by atoms with Crippen LogP contribution in [-0.4, -0.2) is 42.0 Å². The maximum absolute atomic E-state index is 12.0.